The molecule has 358 valence electrons. The molecule has 0 amide bonds. The first kappa shape index (κ1) is 53.4. The van der Waals surface area contributed by atoms with Crippen molar-refractivity contribution in [2.75, 3.05) is 5.32 Å². The Hall–Kier alpha value is -7.23. The highest BCUT2D eigenvalue weighted by atomic mass is 19.4. The normalized spacial score (nSPS) is 12.1. The van der Waals surface area contributed by atoms with E-state index in [0.717, 1.165) is 47.0 Å². The third kappa shape index (κ3) is 9.62. The molecule has 2 aromatic heterocycles. The lowest BCUT2D eigenvalue weighted by atomic mass is 9.72. The third-order valence-corrected chi connectivity index (χ3v) is 10.7. The predicted octanol–water partition coefficient (Wildman–Crippen LogP) is 13.9. The number of nitrogens with zero attached hydrogens (tertiary/aromatic N) is 1. The number of nitrogens with one attached hydrogen (secondary N) is 2. The molecule has 0 spiro atoms. The van der Waals surface area contributed by atoms with Gasteiger partial charge in [-0.1, -0.05) is 103 Å². The number of benzene rings is 5. The van der Waals surface area contributed by atoms with Crippen LogP contribution in [0.15, 0.2) is 111 Å². The van der Waals surface area contributed by atoms with Gasteiger partial charge in [-0.25, -0.2) is 0 Å². The lowest BCUT2D eigenvalue weighted by Crippen LogP contribution is -2.54. The summed E-state index contributed by atoms with van der Waals surface area (Å²) in [4.78, 5) is 14.1. The van der Waals surface area contributed by atoms with Gasteiger partial charge in [-0.15, -0.1) is 13.2 Å². The van der Waals surface area contributed by atoms with Gasteiger partial charge in [0.05, 0.1) is 11.1 Å². The average Bonchev–Trinajstić information content (AvgIpc) is 3.68. The van der Waals surface area contributed by atoms with Crippen molar-refractivity contribution < 1.29 is 57.5 Å². The fraction of sp³-hybridized carbons (Fsp3) is 0.173. The summed E-state index contributed by atoms with van der Waals surface area (Å²) in [6, 6.07) is 13.6. The van der Waals surface area contributed by atoms with E-state index in [2.05, 4.69) is 70.2 Å². The molecule has 5 aromatic carbocycles. The molecule has 0 aliphatic heterocycles. The lowest BCUT2D eigenvalue weighted by Gasteiger charge is -2.38. The number of aromatic amines is 1. The summed E-state index contributed by atoms with van der Waals surface area (Å²) in [5, 5.41) is 2.19. The lowest BCUT2D eigenvalue weighted by molar-refractivity contribution is -0.288. The molecule has 4 nitrogen and oxygen atoms in total. The van der Waals surface area contributed by atoms with Crippen molar-refractivity contribution in [1.29, 1.82) is 0 Å². The highest BCUT2D eigenvalue weighted by molar-refractivity contribution is 5.88. The van der Waals surface area contributed by atoms with Gasteiger partial charge in [-0.2, -0.15) is 52.7 Å². The van der Waals surface area contributed by atoms with Crippen molar-refractivity contribution in [2.45, 2.75) is 57.8 Å². The van der Waals surface area contributed by atoms with Crippen molar-refractivity contribution in [1.82, 2.24) is 9.55 Å². The van der Waals surface area contributed by atoms with Crippen molar-refractivity contribution in [3.05, 3.63) is 166 Å². The fourth-order valence-electron chi connectivity index (χ4n) is 7.91. The highest BCUT2D eigenvalue weighted by Crippen LogP contribution is 2.56. The maximum absolute atomic E-state index is 15.2. The van der Waals surface area contributed by atoms with Gasteiger partial charge in [0.25, 0.3) is 0 Å². The molecule has 0 radical (unpaired) electrons. The van der Waals surface area contributed by atoms with E-state index in [9.17, 15) is 31.1 Å². The molecule has 0 fully saturated rings. The van der Waals surface area contributed by atoms with Gasteiger partial charge in [0, 0.05) is 65.6 Å². The topological polar surface area (TPSA) is 49.8 Å². The van der Waals surface area contributed by atoms with Crippen LogP contribution in [-0.2, 0) is 17.8 Å². The minimum absolute atomic E-state index is 0. The summed E-state index contributed by atoms with van der Waals surface area (Å²) >= 11 is 0. The molecule has 2 heterocycles. The van der Waals surface area contributed by atoms with Crippen molar-refractivity contribution >= 4 is 71.6 Å². The van der Waals surface area contributed by atoms with Crippen LogP contribution in [0.1, 0.15) is 65.9 Å². The van der Waals surface area contributed by atoms with Crippen LogP contribution in [0.4, 0.5) is 64.1 Å². The Labute approximate surface area is 383 Å². The maximum Gasteiger partial charge on any atom is 0.417 e. The van der Waals surface area contributed by atoms with Crippen LogP contribution >= 0.6 is 0 Å². The second-order valence-corrected chi connectivity index (χ2v) is 15.1. The third-order valence-electron chi connectivity index (χ3n) is 10.7. The van der Waals surface area contributed by atoms with E-state index >= 15 is 26.3 Å². The van der Waals surface area contributed by atoms with Gasteiger partial charge in [-0.05, 0) is 82.4 Å². The predicted molar refractivity (Wildman–Crippen MR) is 250 cm³/mol. The first-order valence-corrected chi connectivity index (χ1v) is 19.9. The number of hydrogen-bond donors (Lipinski definition) is 2. The molecule has 68 heavy (non-hydrogen) atoms. The smallest absolute Gasteiger partial charge is 0.355 e. The Morgan fingerprint density at radius 1 is 0.574 bits per heavy atom. The van der Waals surface area contributed by atoms with E-state index in [1.165, 1.54) is 30.7 Å². The zero-order chi connectivity index (χ0) is 50.2. The summed E-state index contributed by atoms with van der Waals surface area (Å²) in [6.07, 6.45) is -19.4. The van der Waals surface area contributed by atoms with Crippen molar-refractivity contribution in [3.63, 3.8) is 0 Å². The molecule has 7 rings (SSSR count). The maximum atomic E-state index is 15.2. The first-order chi connectivity index (χ1) is 31.2. The largest absolute Gasteiger partial charge is 0.417 e. The second-order valence-electron chi connectivity index (χ2n) is 15.1. The Balaban J connectivity index is 0.00000162. The Bertz CT molecular complexity index is 3190. The van der Waals surface area contributed by atoms with Crippen LogP contribution in [-0.4, -0.2) is 28.2 Å². The molecule has 2 N–H and O–H groups in total. The van der Waals surface area contributed by atoms with Crippen LogP contribution in [0, 0.1) is 0 Å². The summed E-state index contributed by atoms with van der Waals surface area (Å²) in [5.41, 5.74) is -11.7. The molecule has 7 aromatic rings. The summed E-state index contributed by atoms with van der Waals surface area (Å²) in [6.45, 7) is 28.8. The van der Waals surface area contributed by atoms with E-state index < -0.39 is 69.2 Å². The van der Waals surface area contributed by atoms with Gasteiger partial charge in [-0.3, -0.25) is 4.79 Å². The molecule has 0 atom stereocenters. The molecule has 0 saturated heterocycles. The quantitative estimate of drug-likeness (QED) is 0.0906. The Kier molecular flexibility index (Phi) is 15.3. The Morgan fingerprint density at radius 2 is 1.04 bits per heavy atom. The fourth-order valence-corrected chi connectivity index (χ4v) is 7.91. The van der Waals surface area contributed by atoms with Crippen LogP contribution in [0.2, 0.25) is 0 Å². The SMILES string of the molecule is C.C=C.C=Cc1cc(C=O)cc(Nc2ccc(-c3ccc(-n4c(=C)c5ccc(C(c6ccc7c(=C)[nH]c(=C)c7c6)(C(F)(F)F)C(F)(F)F)cc5c4=C)cc3C(F)(F)F)c(C(F)(F)F)c2)c1.CCC. The number of H-pyrrole nitrogens is 1. The summed E-state index contributed by atoms with van der Waals surface area (Å²) in [5.74, 6) is 0. The van der Waals surface area contributed by atoms with Gasteiger partial charge in [0.2, 0.25) is 5.41 Å². The zero-order valence-electron chi connectivity index (χ0n) is 35.9. The second kappa shape index (κ2) is 19.5. The molecular formula is C52H45F12N3O. The zero-order valence-corrected chi connectivity index (χ0v) is 35.9. The van der Waals surface area contributed by atoms with Gasteiger partial charge < -0.3 is 14.9 Å². The highest BCUT2D eigenvalue weighted by Gasteiger charge is 2.72. The molecule has 0 saturated carbocycles. The molecule has 16 heteroatoms. The van der Waals surface area contributed by atoms with Crippen LogP contribution in [0.5, 0.6) is 0 Å². The molecule has 0 aliphatic carbocycles. The monoisotopic (exact) mass is 955 g/mol. The molecule has 0 bridgehead atoms. The van der Waals surface area contributed by atoms with Crippen molar-refractivity contribution in [3.8, 4) is 16.8 Å². The van der Waals surface area contributed by atoms with E-state index in [4.69, 9.17) is 0 Å². The number of anilines is 2. The van der Waals surface area contributed by atoms with Crippen LogP contribution in [0.3, 0.4) is 0 Å². The number of hydrogen-bond acceptors (Lipinski definition) is 2. The van der Waals surface area contributed by atoms with E-state index in [1.807, 2.05) is 0 Å². The van der Waals surface area contributed by atoms with Gasteiger partial charge in [0.15, 0.2) is 0 Å². The number of fused-ring (bicyclic) bond motifs is 2. The number of carbonyl (C=O) groups is 1. The van der Waals surface area contributed by atoms with E-state index in [-0.39, 0.29) is 67.3 Å². The van der Waals surface area contributed by atoms with E-state index in [0.29, 0.717) is 42.2 Å². The van der Waals surface area contributed by atoms with Gasteiger partial charge in [0.1, 0.15) is 6.29 Å². The van der Waals surface area contributed by atoms with Crippen LogP contribution in [0.25, 0.3) is 70.8 Å². The standard InChI is InChI=1S/C46H29F12N3O.C3H8.C2H4.CH4/c1-6-27-15-28(22-62)17-32(16-27)60-31-9-13-36(40(20-31)43(47,48)49)37-14-10-33(21-41(37)44(50,51)52)61-25(4)35-12-8-30(19-39(35)26(61)5)42(45(53,54)55,46(56,57)58)29-7-11-34-23(2)59-24(3)38(34)18-29;1-3-2;1-2;/h6-22,59-60H,1-5H2;3H2,1-2H3;1-2H2;1H4. The molecular weight excluding hydrogens is 911 g/mol. The summed E-state index contributed by atoms with van der Waals surface area (Å²) in [7, 11) is 0. The minimum Gasteiger partial charge on any atom is -0.355 e. The molecule has 0 unspecified atom stereocenters. The number of rotatable bonds is 8. The first-order valence-electron chi connectivity index (χ1n) is 19.9. The van der Waals surface area contributed by atoms with E-state index in [1.54, 1.807) is 0 Å². The average molecular weight is 956 g/mol. The number of aromatic nitrogens is 2. The minimum atomic E-state index is -6.01. The number of alkyl halides is 12. The Morgan fingerprint density at radius 3 is 1.56 bits per heavy atom. The van der Waals surface area contributed by atoms with Crippen molar-refractivity contribution in [2.24, 2.45) is 0 Å². The van der Waals surface area contributed by atoms with Gasteiger partial charge >= 0.3 is 24.7 Å². The number of halogens is 12. The molecule has 0 aliphatic rings. The number of aldehydes is 1. The van der Waals surface area contributed by atoms with Crippen LogP contribution < -0.4 is 26.7 Å². The number of carbonyl (C=O) groups excluding carboxylic acids is 1. The summed E-state index contributed by atoms with van der Waals surface area (Å²) < 4.78 is 181.